The predicted molar refractivity (Wildman–Crippen MR) is 77.8 cm³/mol. The van der Waals surface area contributed by atoms with Gasteiger partial charge in [0.15, 0.2) is 5.69 Å². The van der Waals surface area contributed by atoms with Crippen LogP contribution in [0.1, 0.15) is 33.8 Å². The minimum Gasteiger partial charge on any atom is -0.431 e. The van der Waals surface area contributed by atoms with Gasteiger partial charge in [-0.15, -0.1) is 0 Å². The normalized spacial score (nSPS) is 17.0. The summed E-state index contributed by atoms with van der Waals surface area (Å²) in [5.74, 6) is -0.907. The number of ether oxygens (including phenoxy) is 1. The third-order valence-electron chi connectivity index (χ3n) is 3.27. The smallest absolute Gasteiger partial charge is 0.302 e. The number of rotatable bonds is 5. The molecule has 2 aromatic rings. The third kappa shape index (κ3) is 3.89. The van der Waals surface area contributed by atoms with Crippen LogP contribution in [0.4, 0.5) is 6.01 Å². The Kier molecular flexibility index (Phi) is 4.57. The SMILES string of the molecule is O=C(NC[C@H]1CCCO1)c1coc(NC(=O)c2cnccn2)n1. The second-order valence-corrected chi connectivity index (χ2v) is 4.93. The van der Waals surface area contributed by atoms with Crippen molar-refractivity contribution in [1.82, 2.24) is 20.3 Å². The highest BCUT2D eigenvalue weighted by Gasteiger charge is 2.19. The van der Waals surface area contributed by atoms with Crippen LogP contribution < -0.4 is 10.6 Å². The van der Waals surface area contributed by atoms with Crippen LogP contribution in [0.5, 0.6) is 0 Å². The number of anilines is 1. The van der Waals surface area contributed by atoms with Crippen molar-refractivity contribution in [1.29, 1.82) is 0 Å². The van der Waals surface area contributed by atoms with Gasteiger partial charge in [-0.1, -0.05) is 0 Å². The van der Waals surface area contributed by atoms with Crippen molar-refractivity contribution < 1.29 is 18.7 Å². The van der Waals surface area contributed by atoms with Crippen LogP contribution in [0.3, 0.4) is 0 Å². The summed E-state index contributed by atoms with van der Waals surface area (Å²) < 4.78 is 10.5. The van der Waals surface area contributed by atoms with Gasteiger partial charge in [-0.25, -0.2) is 4.98 Å². The Morgan fingerprint density at radius 2 is 2.17 bits per heavy atom. The van der Waals surface area contributed by atoms with Crippen molar-refractivity contribution >= 4 is 17.8 Å². The highest BCUT2D eigenvalue weighted by molar-refractivity contribution is 6.01. The molecule has 0 aromatic carbocycles. The van der Waals surface area contributed by atoms with E-state index >= 15 is 0 Å². The lowest BCUT2D eigenvalue weighted by Crippen LogP contribution is -2.31. The van der Waals surface area contributed by atoms with E-state index in [1.54, 1.807) is 0 Å². The molecular formula is C14H15N5O4. The molecule has 9 nitrogen and oxygen atoms in total. The maximum atomic E-state index is 11.9. The van der Waals surface area contributed by atoms with Crippen molar-refractivity contribution in [3.63, 3.8) is 0 Å². The minimum atomic E-state index is -0.522. The largest absolute Gasteiger partial charge is 0.431 e. The summed E-state index contributed by atoms with van der Waals surface area (Å²) in [6.07, 6.45) is 7.32. The number of nitrogens with one attached hydrogen (secondary N) is 2. The Labute approximate surface area is 131 Å². The molecule has 1 aliphatic heterocycles. The first kappa shape index (κ1) is 15.1. The van der Waals surface area contributed by atoms with E-state index in [0.29, 0.717) is 6.54 Å². The van der Waals surface area contributed by atoms with Gasteiger partial charge in [0.05, 0.1) is 12.3 Å². The van der Waals surface area contributed by atoms with E-state index in [1.165, 1.54) is 24.9 Å². The van der Waals surface area contributed by atoms with E-state index in [2.05, 4.69) is 25.6 Å². The molecule has 0 saturated carbocycles. The summed E-state index contributed by atoms with van der Waals surface area (Å²) in [4.78, 5) is 35.4. The quantitative estimate of drug-likeness (QED) is 0.829. The first-order chi connectivity index (χ1) is 11.2. The highest BCUT2D eigenvalue weighted by atomic mass is 16.5. The van der Waals surface area contributed by atoms with Crippen LogP contribution in [0, 0.1) is 0 Å². The molecule has 2 N–H and O–H groups in total. The Bertz CT molecular complexity index is 681. The number of carbonyl (C=O) groups is 2. The van der Waals surface area contributed by atoms with E-state index in [1.807, 2.05) is 0 Å². The van der Waals surface area contributed by atoms with E-state index in [4.69, 9.17) is 9.15 Å². The van der Waals surface area contributed by atoms with Crippen molar-refractivity contribution in [2.24, 2.45) is 0 Å². The number of oxazole rings is 1. The van der Waals surface area contributed by atoms with Crippen LogP contribution in [-0.2, 0) is 4.74 Å². The third-order valence-corrected chi connectivity index (χ3v) is 3.27. The van der Waals surface area contributed by atoms with Crippen LogP contribution >= 0.6 is 0 Å². The van der Waals surface area contributed by atoms with E-state index in [-0.39, 0.29) is 29.4 Å². The molecule has 120 valence electrons. The molecule has 3 heterocycles. The lowest BCUT2D eigenvalue weighted by atomic mass is 10.2. The van der Waals surface area contributed by atoms with Gasteiger partial charge in [0.25, 0.3) is 11.8 Å². The zero-order valence-corrected chi connectivity index (χ0v) is 12.2. The van der Waals surface area contributed by atoms with Crippen molar-refractivity contribution in [3.05, 3.63) is 36.2 Å². The van der Waals surface area contributed by atoms with E-state index in [9.17, 15) is 9.59 Å². The van der Waals surface area contributed by atoms with Crippen LogP contribution in [-0.4, -0.2) is 46.0 Å². The highest BCUT2D eigenvalue weighted by Crippen LogP contribution is 2.12. The molecule has 23 heavy (non-hydrogen) atoms. The Morgan fingerprint density at radius 3 is 2.91 bits per heavy atom. The Balaban J connectivity index is 1.54. The maximum absolute atomic E-state index is 11.9. The molecule has 0 bridgehead atoms. The van der Waals surface area contributed by atoms with Gasteiger partial charge in [-0.05, 0) is 12.8 Å². The van der Waals surface area contributed by atoms with Gasteiger partial charge in [-0.2, -0.15) is 4.98 Å². The standard InChI is InChI=1S/C14H15N5O4/c20-12(17-6-9-2-1-5-22-9)11-8-23-14(18-11)19-13(21)10-7-15-3-4-16-10/h3-4,7-9H,1-2,5-6H2,(H,17,20)(H,18,19,21)/t9-/m1/s1. The summed E-state index contributed by atoms with van der Waals surface area (Å²) in [7, 11) is 0. The lowest BCUT2D eigenvalue weighted by molar-refractivity contribution is 0.0853. The number of carbonyl (C=O) groups excluding carboxylic acids is 2. The van der Waals surface area contributed by atoms with Gasteiger partial charge in [0.1, 0.15) is 12.0 Å². The van der Waals surface area contributed by atoms with Gasteiger partial charge in [0, 0.05) is 25.5 Å². The molecular weight excluding hydrogens is 302 g/mol. The van der Waals surface area contributed by atoms with Gasteiger partial charge in [-0.3, -0.25) is 19.9 Å². The number of nitrogens with zero attached hydrogens (tertiary/aromatic N) is 3. The topological polar surface area (TPSA) is 119 Å². The predicted octanol–water partition coefficient (Wildman–Crippen LogP) is 0.626. The molecule has 2 aromatic heterocycles. The lowest BCUT2D eigenvalue weighted by Gasteiger charge is -2.09. The van der Waals surface area contributed by atoms with Gasteiger partial charge in [0.2, 0.25) is 0 Å². The van der Waals surface area contributed by atoms with Gasteiger partial charge < -0.3 is 14.5 Å². The Morgan fingerprint density at radius 1 is 1.26 bits per heavy atom. The molecule has 1 aliphatic rings. The second-order valence-electron chi connectivity index (χ2n) is 4.93. The number of aromatic nitrogens is 3. The summed E-state index contributed by atoms with van der Waals surface area (Å²) >= 11 is 0. The van der Waals surface area contributed by atoms with Gasteiger partial charge >= 0.3 is 6.01 Å². The average molecular weight is 317 g/mol. The van der Waals surface area contributed by atoms with Crippen molar-refractivity contribution in [3.8, 4) is 0 Å². The molecule has 0 radical (unpaired) electrons. The Hall–Kier alpha value is -2.81. The van der Waals surface area contributed by atoms with Crippen LogP contribution in [0.25, 0.3) is 0 Å². The van der Waals surface area contributed by atoms with Crippen LogP contribution in [0.2, 0.25) is 0 Å². The molecule has 3 rings (SSSR count). The fraction of sp³-hybridized carbons (Fsp3) is 0.357. The number of hydrogen-bond donors (Lipinski definition) is 2. The fourth-order valence-corrected chi connectivity index (χ4v) is 2.12. The van der Waals surface area contributed by atoms with E-state index < -0.39 is 5.91 Å². The molecule has 1 saturated heterocycles. The summed E-state index contributed by atoms with van der Waals surface area (Å²) in [6.45, 7) is 1.15. The summed E-state index contributed by atoms with van der Waals surface area (Å²) in [5, 5.41) is 5.12. The average Bonchev–Trinajstić information content (AvgIpc) is 3.25. The van der Waals surface area contributed by atoms with Crippen molar-refractivity contribution in [2.45, 2.75) is 18.9 Å². The number of amides is 2. The first-order valence-corrected chi connectivity index (χ1v) is 7.15. The number of hydrogen-bond acceptors (Lipinski definition) is 7. The monoisotopic (exact) mass is 317 g/mol. The van der Waals surface area contributed by atoms with E-state index in [0.717, 1.165) is 19.4 Å². The molecule has 0 spiro atoms. The molecule has 2 amide bonds. The fourth-order valence-electron chi connectivity index (χ4n) is 2.12. The maximum Gasteiger partial charge on any atom is 0.302 e. The summed E-state index contributed by atoms with van der Waals surface area (Å²) in [6, 6.07) is -0.0806. The minimum absolute atomic E-state index is 0.0432. The molecule has 0 unspecified atom stereocenters. The second kappa shape index (κ2) is 6.97. The summed E-state index contributed by atoms with van der Waals surface area (Å²) in [5.41, 5.74) is 0.201. The molecule has 9 heteroatoms. The first-order valence-electron chi connectivity index (χ1n) is 7.15. The molecule has 1 atom stereocenters. The zero-order valence-electron chi connectivity index (χ0n) is 12.2. The zero-order chi connectivity index (χ0) is 16.1. The van der Waals surface area contributed by atoms with Crippen molar-refractivity contribution in [2.75, 3.05) is 18.5 Å². The molecule has 0 aliphatic carbocycles. The van der Waals surface area contributed by atoms with Crippen LogP contribution in [0.15, 0.2) is 29.3 Å². The molecule has 1 fully saturated rings.